The van der Waals surface area contributed by atoms with Crippen molar-refractivity contribution in [3.05, 3.63) is 64.8 Å². The Hall–Kier alpha value is -2.14. The summed E-state index contributed by atoms with van der Waals surface area (Å²) in [5.41, 5.74) is 2.15. The van der Waals surface area contributed by atoms with Crippen molar-refractivity contribution in [2.24, 2.45) is 0 Å². The molecule has 0 saturated carbocycles. The molecule has 0 amide bonds. The fraction of sp³-hybridized carbons (Fsp3) is 0.125. The maximum Gasteiger partial charge on any atom is 0.200 e. The van der Waals surface area contributed by atoms with Gasteiger partial charge < -0.3 is 4.74 Å². The van der Waals surface area contributed by atoms with Gasteiger partial charge in [0.1, 0.15) is 18.2 Å². The third kappa shape index (κ3) is 2.69. The van der Waals surface area contributed by atoms with E-state index in [1.54, 1.807) is 0 Å². The van der Waals surface area contributed by atoms with Gasteiger partial charge in [0.2, 0.25) is 9.84 Å². The zero-order valence-corrected chi connectivity index (χ0v) is 12.2. The molecule has 5 heteroatoms. The summed E-state index contributed by atoms with van der Waals surface area (Å²) in [6.45, 7) is 2.10. The molecule has 0 fully saturated rings. The fourth-order valence-corrected chi connectivity index (χ4v) is 3.70. The summed E-state index contributed by atoms with van der Waals surface area (Å²) in [5, 5.41) is 1.14. The van der Waals surface area contributed by atoms with Gasteiger partial charge in [-0.05, 0) is 31.2 Å². The molecule has 0 N–H and O–H groups in total. The molecule has 0 bridgehead atoms. The molecule has 108 valence electrons. The number of fused-ring (bicyclic) bond motifs is 1. The van der Waals surface area contributed by atoms with Crippen LogP contribution in [0.5, 0.6) is 5.75 Å². The topological polar surface area (TPSA) is 43.4 Å². The standard InChI is InChI=1S/C16H13FO3S/c1-11-2-5-14(6-3-11)20-9-12-10-21(18,19)16-8-13(17)4-7-15(12)16/h2-8,10H,9H2,1H3. The van der Waals surface area contributed by atoms with E-state index < -0.39 is 15.7 Å². The molecule has 3 nitrogen and oxygen atoms in total. The van der Waals surface area contributed by atoms with Gasteiger partial charge in [0.25, 0.3) is 0 Å². The molecule has 1 heterocycles. The van der Waals surface area contributed by atoms with Gasteiger partial charge in [-0.25, -0.2) is 12.8 Å². The third-order valence-electron chi connectivity index (χ3n) is 3.31. The van der Waals surface area contributed by atoms with Crippen molar-refractivity contribution in [2.75, 3.05) is 6.61 Å². The molecule has 0 unspecified atom stereocenters. The molecular weight excluding hydrogens is 291 g/mol. The lowest BCUT2D eigenvalue weighted by atomic mass is 10.1. The second kappa shape index (κ2) is 5.00. The number of hydrogen-bond acceptors (Lipinski definition) is 3. The number of benzene rings is 2. The van der Waals surface area contributed by atoms with Crippen molar-refractivity contribution in [1.29, 1.82) is 0 Å². The fourth-order valence-electron chi connectivity index (χ4n) is 2.22. The van der Waals surface area contributed by atoms with Crippen molar-refractivity contribution < 1.29 is 17.5 Å². The number of ether oxygens (including phenoxy) is 1. The molecule has 1 aliphatic rings. The van der Waals surface area contributed by atoms with Gasteiger partial charge in [-0.15, -0.1) is 0 Å². The highest BCUT2D eigenvalue weighted by Crippen LogP contribution is 2.34. The number of aryl methyl sites for hydroxylation is 1. The van der Waals surface area contributed by atoms with Gasteiger partial charge >= 0.3 is 0 Å². The van der Waals surface area contributed by atoms with Gasteiger partial charge in [0.15, 0.2) is 0 Å². The van der Waals surface area contributed by atoms with Gasteiger partial charge in [0, 0.05) is 16.5 Å². The van der Waals surface area contributed by atoms with Crippen molar-refractivity contribution in [1.82, 2.24) is 0 Å². The van der Waals surface area contributed by atoms with E-state index in [2.05, 4.69) is 0 Å². The smallest absolute Gasteiger partial charge is 0.200 e. The predicted molar refractivity (Wildman–Crippen MR) is 78.2 cm³/mol. The monoisotopic (exact) mass is 304 g/mol. The van der Waals surface area contributed by atoms with Gasteiger partial charge in [-0.3, -0.25) is 0 Å². The first-order chi connectivity index (χ1) is 9.95. The number of sulfone groups is 1. The molecule has 0 saturated heterocycles. The van der Waals surface area contributed by atoms with Gasteiger partial charge in [-0.2, -0.15) is 0 Å². The first-order valence-corrected chi connectivity index (χ1v) is 7.95. The Labute approximate surface area is 122 Å². The van der Waals surface area contributed by atoms with E-state index in [1.807, 2.05) is 31.2 Å². The molecule has 1 aliphatic heterocycles. The minimum absolute atomic E-state index is 0.00464. The maximum absolute atomic E-state index is 13.2. The van der Waals surface area contributed by atoms with Gasteiger partial charge in [0.05, 0.1) is 4.90 Å². The lowest BCUT2D eigenvalue weighted by Gasteiger charge is -2.08. The van der Waals surface area contributed by atoms with Crippen molar-refractivity contribution in [3.63, 3.8) is 0 Å². The molecule has 0 aromatic heterocycles. The zero-order valence-electron chi connectivity index (χ0n) is 11.3. The summed E-state index contributed by atoms with van der Waals surface area (Å²) in [7, 11) is -3.57. The normalized spacial score (nSPS) is 15.4. The highest BCUT2D eigenvalue weighted by Gasteiger charge is 2.27. The third-order valence-corrected chi connectivity index (χ3v) is 4.85. The van der Waals surface area contributed by atoms with Crippen LogP contribution in [-0.2, 0) is 9.84 Å². The van der Waals surface area contributed by atoms with Crippen LogP contribution in [0.25, 0.3) is 5.57 Å². The molecule has 3 rings (SSSR count). The van der Waals surface area contributed by atoms with Crippen molar-refractivity contribution >= 4 is 15.4 Å². The Morgan fingerprint density at radius 3 is 2.52 bits per heavy atom. The second-order valence-corrected chi connectivity index (χ2v) is 6.70. The second-order valence-electron chi connectivity index (χ2n) is 4.93. The quantitative estimate of drug-likeness (QED) is 0.873. The number of hydrogen-bond donors (Lipinski definition) is 0. The minimum Gasteiger partial charge on any atom is -0.489 e. The summed E-state index contributed by atoms with van der Waals surface area (Å²) in [5.74, 6) is 0.0980. The Morgan fingerprint density at radius 2 is 1.81 bits per heavy atom. The molecule has 0 atom stereocenters. The first kappa shape index (κ1) is 13.8. The summed E-state index contributed by atoms with van der Waals surface area (Å²) in [6, 6.07) is 11.2. The van der Waals surface area contributed by atoms with Crippen LogP contribution in [0.4, 0.5) is 4.39 Å². The molecule has 2 aromatic carbocycles. The summed E-state index contributed by atoms with van der Waals surface area (Å²) >= 11 is 0. The zero-order chi connectivity index (χ0) is 15.0. The molecule has 0 spiro atoms. The van der Waals surface area contributed by atoms with Crippen LogP contribution < -0.4 is 4.74 Å². The molecule has 21 heavy (non-hydrogen) atoms. The van der Waals surface area contributed by atoms with E-state index in [0.717, 1.165) is 17.0 Å². The van der Waals surface area contributed by atoms with E-state index in [9.17, 15) is 12.8 Å². The predicted octanol–water partition coefficient (Wildman–Crippen LogP) is 3.34. The van der Waals surface area contributed by atoms with Crippen LogP contribution in [0.1, 0.15) is 11.1 Å². The van der Waals surface area contributed by atoms with E-state index in [-0.39, 0.29) is 11.5 Å². The van der Waals surface area contributed by atoms with Crippen LogP contribution in [-0.4, -0.2) is 15.0 Å². The summed E-state index contributed by atoms with van der Waals surface area (Å²) in [4.78, 5) is 0.00464. The lowest BCUT2D eigenvalue weighted by Crippen LogP contribution is -1.99. The van der Waals surface area contributed by atoms with Crippen LogP contribution in [0, 0.1) is 12.7 Å². The highest BCUT2D eigenvalue weighted by atomic mass is 32.2. The van der Waals surface area contributed by atoms with E-state index in [1.165, 1.54) is 12.1 Å². The Balaban J connectivity index is 1.86. The Kier molecular flexibility index (Phi) is 3.29. The lowest BCUT2D eigenvalue weighted by molar-refractivity contribution is 0.370. The summed E-state index contributed by atoms with van der Waals surface area (Å²) < 4.78 is 42.7. The number of rotatable bonds is 3. The Morgan fingerprint density at radius 1 is 1.10 bits per heavy atom. The number of halogens is 1. The van der Waals surface area contributed by atoms with E-state index >= 15 is 0 Å². The average Bonchev–Trinajstić information content (AvgIpc) is 2.69. The van der Waals surface area contributed by atoms with Crippen LogP contribution in [0.2, 0.25) is 0 Å². The maximum atomic E-state index is 13.2. The largest absolute Gasteiger partial charge is 0.489 e. The Bertz CT molecular complexity index is 821. The molecule has 0 radical (unpaired) electrons. The molecule has 0 aliphatic carbocycles. The molecule has 2 aromatic rings. The highest BCUT2D eigenvalue weighted by molar-refractivity contribution is 7.95. The average molecular weight is 304 g/mol. The first-order valence-electron chi connectivity index (χ1n) is 6.41. The van der Waals surface area contributed by atoms with E-state index in [4.69, 9.17) is 4.74 Å². The van der Waals surface area contributed by atoms with Gasteiger partial charge in [-0.1, -0.05) is 23.8 Å². The van der Waals surface area contributed by atoms with Crippen LogP contribution >= 0.6 is 0 Å². The van der Waals surface area contributed by atoms with Crippen molar-refractivity contribution in [3.8, 4) is 5.75 Å². The van der Waals surface area contributed by atoms with Crippen LogP contribution in [0.15, 0.2) is 52.8 Å². The summed E-state index contributed by atoms with van der Waals surface area (Å²) in [6.07, 6.45) is 0. The minimum atomic E-state index is -3.57. The van der Waals surface area contributed by atoms with Crippen LogP contribution in [0.3, 0.4) is 0 Å². The van der Waals surface area contributed by atoms with Crippen molar-refractivity contribution in [2.45, 2.75) is 11.8 Å². The SMILES string of the molecule is Cc1ccc(OCC2=CS(=O)(=O)c3cc(F)ccc32)cc1. The van der Waals surface area contributed by atoms with E-state index in [0.29, 0.717) is 16.9 Å². The molecular formula is C16H13FO3S.